The molecular formula is C34H48F7N7O. The number of anilines is 2. The zero-order valence-electron chi connectivity index (χ0n) is 29.0. The normalized spacial score (nSPS) is 17.4. The molecule has 5 rings (SSSR count). The third-order valence-electron chi connectivity index (χ3n) is 8.26. The van der Waals surface area contributed by atoms with Gasteiger partial charge in [-0.2, -0.15) is 23.1 Å². The highest BCUT2D eigenvalue weighted by Crippen LogP contribution is 2.43. The van der Waals surface area contributed by atoms with Gasteiger partial charge in [-0.25, -0.2) is 22.5 Å². The number of nitrogens with one attached hydrogen (secondary N) is 2. The molecule has 4 N–H and O–H groups in total. The van der Waals surface area contributed by atoms with Crippen LogP contribution in [0, 0.1) is 23.4 Å². The molecule has 0 amide bonds. The molecule has 2 fully saturated rings. The lowest BCUT2D eigenvalue weighted by atomic mass is 9.98. The number of nitrogens with zero attached hydrogens (tertiary/aromatic N) is 4. The maximum Gasteiger partial charge on any atom is 0.417 e. The molecule has 274 valence electrons. The molecule has 8 nitrogen and oxygen atoms in total. The molecule has 0 saturated carbocycles. The number of halogens is 7. The van der Waals surface area contributed by atoms with Gasteiger partial charge in [0, 0.05) is 25.7 Å². The highest BCUT2D eigenvalue weighted by molar-refractivity contribution is 5.94. The summed E-state index contributed by atoms with van der Waals surface area (Å²) < 4.78 is 104. The predicted molar refractivity (Wildman–Crippen MR) is 179 cm³/mol. The van der Waals surface area contributed by atoms with Crippen LogP contribution in [-0.4, -0.2) is 71.9 Å². The molecule has 3 aromatic rings. The van der Waals surface area contributed by atoms with E-state index in [9.17, 15) is 22.0 Å². The van der Waals surface area contributed by atoms with Crippen LogP contribution in [0.5, 0.6) is 6.01 Å². The summed E-state index contributed by atoms with van der Waals surface area (Å²) >= 11 is 0. The molecule has 0 spiro atoms. The van der Waals surface area contributed by atoms with E-state index in [4.69, 9.17) is 10.5 Å². The molecule has 2 saturated heterocycles. The number of pyridine rings is 1. The van der Waals surface area contributed by atoms with Crippen molar-refractivity contribution in [1.82, 2.24) is 25.2 Å². The van der Waals surface area contributed by atoms with E-state index in [1.807, 2.05) is 13.8 Å². The van der Waals surface area contributed by atoms with Gasteiger partial charge in [0.25, 0.3) is 0 Å². The fourth-order valence-corrected chi connectivity index (χ4v) is 5.93. The average molecular weight is 704 g/mol. The topological polar surface area (TPSA) is 101 Å². The van der Waals surface area contributed by atoms with Crippen LogP contribution >= 0.6 is 0 Å². The second-order valence-electron chi connectivity index (χ2n) is 12.2. The van der Waals surface area contributed by atoms with Gasteiger partial charge in [0.2, 0.25) is 0 Å². The number of benzene rings is 1. The van der Waals surface area contributed by atoms with E-state index in [0.29, 0.717) is 38.0 Å². The molecule has 4 heterocycles. The summed E-state index contributed by atoms with van der Waals surface area (Å²) in [6.45, 7) is 13.6. The predicted octanol–water partition coefficient (Wildman–Crippen LogP) is 7.94. The average Bonchev–Trinajstić information content (AvgIpc) is 3.64. The summed E-state index contributed by atoms with van der Waals surface area (Å²) in [5.74, 6) is -4.05. The number of aryl methyl sites for hydroxylation is 1. The van der Waals surface area contributed by atoms with Crippen molar-refractivity contribution in [2.45, 2.75) is 91.5 Å². The number of fused-ring (bicyclic) bond motifs is 2. The summed E-state index contributed by atoms with van der Waals surface area (Å²) in [6.07, 6.45) is -0.784. The highest BCUT2D eigenvalue weighted by Gasteiger charge is 2.39. The van der Waals surface area contributed by atoms with Crippen LogP contribution in [0.4, 0.5) is 42.2 Å². The van der Waals surface area contributed by atoms with Crippen molar-refractivity contribution in [2.24, 2.45) is 5.92 Å². The molecule has 2 aromatic heterocycles. The first-order chi connectivity index (χ1) is 23.3. The minimum Gasteiger partial charge on any atom is -0.467 e. The lowest BCUT2D eigenvalue weighted by Crippen LogP contribution is -2.24. The summed E-state index contributed by atoms with van der Waals surface area (Å²) in [6, 6.07) is 0.375. The first kappa shape index (κ1) is 40.0. The van der Waals surface area contributed by atoms with Gasteiger partial charge in [0.1, 0.15) is 34.7 Å². The van der Waals surface area contributed by atoms with Gasteiger partial charge in [0.15, 0.2) is 11.6 Å². The summed E-state index contributed by atoms with van der Waals surface area (Å²) in [5, 5.41) is 6.46. The standard InChI is InChI=1S/C25H30F6N6O.C7H12FN.C2H6/c1-5-6-15-17-22(36-24(38-4)37-23(17)34-10-9-33-8-7-12(2)3)19(28)21(35-15)16-13(25(29,30)31)11-14(26)20(32)18(16)27;8-6-4-7-2-1-3-9(7)5-6;1-2/h11-12,33H,5-10,32H2,1-4H3,(H,34,36,37);6-7H,1-5H2;1-2H3. The number of aromatic nitrogens is 3. The van der Waals surface area contributed by atoms with E-state index in [1.165, 1.54) is 20.0 Å². The van der Waals surface area contributed by atoms with E-state index in [1.54, 1.807) is 6.92 Å². The van der Waals surface area contributed by atoms with Crippen molar-refractivity contribution in [1.29, 1.82) is 0 Å². The Kier molecular flexibility index (Phi) is 14.7. The van der Waals surface area contributed by atoms with Crippen LogP contribution in [-0.2, 0) is 12.6 Å². The van der Waals surface area contributed by atoms with Crippen molar-refractivity contribution < 1.29 is 35.5 Å². The number of nitrogens with two attached hydrogens (primary N) is 1. The second-order valence-corrected chi connectivity index (χ2v) is 12.2. The largest absolute Gasteiger partial charge is 0.467 e. The van der Waals surface area contributed by atoms with Crippen molar-refractivity contribution in [3.63, 3.8) is 0 Å². The third-order valence-corrected chi connectivity index (χ3v) is 8.26. The quantitative estimate of drug-likeness (QED) is 0.105. The van der Waals surface area contributed by atoms with E-state index in [0.717, 1.165) is 25.9 Å². The molecule has 0 aliphatic carbocycles. The molecule has 49 heavy (non-hydrogen) atoms. The Hall–Kier alpha value is -3.46. The van der Waals surface area contributed by atoms with E-state index >= 15 is 8.78 Å². The number of rotatable bonds is 11. The van der Waals surface area contributed by atoms with Crippen LogP contribution in [0.2, 0.25) is 0 Å². The van der Waals surface area contributed by atoms with Crippen molar-refractivity contribution in [3.8, 4) is 17.3 Å². The minimum absolute atomic E-state index is 0.0262. The summed E-state index contributed by atoms with van der Waals surface area (Å²) in [4.78, 5) is 14.6. The lowest BCUT2D eigenvalue weighted by molar-refractivity contribution is -0.137. The monoisotopic (exact) mass is 703 g/mol. The third kappa shape index (κ3) is 9.83. The van der Waals surface area contributed by atoms with Crippen molar-refractivity contribution in [2.75, 3.05) is 50.9 Å². The maximum atomic E-state index is 15.9. The minimum atomic E-state index is -5.22. The van der Waals surface area contributed by atoms with Gasteiger partial charge in [-0.05, 0) is 57.2 Å². The lowest BCUT2D eigenvalue weighted by Gasteiger charge is -2.19. The molecule has 2 aliphatic heterocycles. The van der Waals surface area contributed by atoms with Crippen LogP contribution < -0.4 is 21.1 Å². The van der Waals surface area contributed by atoms with Crippen LogP contribution in [0.25, 0.3) is 22.2 Å². The van der Waals surface area contributed by atoms with E-state index in [2.05, 4.69) is 44.3 Å². The highest BCUT2D eigenvalue weighted by atomic mass is 19.4. The van der Waals surface area contributed by atoms with Gasteiger partial charge in [-0.15, -0.1) is 0 Å². The van der Waals surface area contributed by atoms with Gasteiger partial charge in [-0.1, -0.05) is 41.0 Å². The van der Waals surface area contributed by atoms with Crippen molar-refractivity contribution >= 4 is 22.4 Å². The molecule has 2 unspecified atom stereocenters. The Morgan fingerprint density at radius 1 is 1.06 bits per heavy atom. The molecule has 2 aliphatic rings. The number of ether oxygens (including phenoxy) is 1. The maximum absolute atomic E-state index is 15.9. The molecule has 15 heteroatoms. The molecule has 2 atom stereocenters. The molecule has 0 radical (unpaired) electrons. The Morgan fingerprint density at radius 3 is 2.39 bits per heavy atom. The first-order valence-electron chi connectivity index (χ1n) is 16.9. The van der Waals surface area contributed by atoms with Crippen LogP contribution in [0.1, 0.15) is 78.0 Å². The van der Waals surface area contributed by atoms with Crippen LogP contribution in [0.15, 0.2) is 6.07 Å². The number of alkyl halides is 4. The van der Waals surface area contributed by atoms with Crippen LogP contribution in [0.3, 0.4) is 0 Å². The second kappa shape index (κ2) is 18.0. The zero-order valence-corrected chi connectivity index (χ0v) is 29.0. The molecular weight excluding hydrogens is 655 g/mol. The van der Waals surface area contributed by atoms with Crippen molar-refractivity contribution in [3.05, 3.63) is 34.8 Å². The van der Waals surface area contributed by atoms with Gasteiger partial charge >= 0.3 is 12.2 Å². The Morgan fingerprint density at radius 2 is 1.78 bits per heavy atom. The number of methoxy groups -OCH3 is 1. The van der Waals surface area contributed by atoms with E-state index < -0.39 is 57.8 Å². The molecule has 0 bridgehead atoms. The first-order valence-corrected chi connectivity index (χ1v) is 16.9. The fourth-order valence-electron chi connectivity index (χ4n) is 5.93. The number of hydrogen-bond donors (Lipinski definition) is 3. The Labute approximate surface area is 283 Å². The number of hydrogen-bond acceptors (Lipinski definition) is 8. The van der Waals surface area contributed by atoms with Gasteiger partial charge < -0.3 is 21.1 Å². The van der Waals surface area contributed by atoms with E-state index in [-0.39, 0.29) is 35.4 Å². The SMILES string of the molecule is CC.CCCc1nc(-c2c(C(F)(F)F)cc(F)c(N)c2F)c(F)c2nc(OC)nc(NCCNCCC(C)C)c12.FC1CC2CCCN2C1. The molecule has 1 aromatic carbocycles. The summed E-state index contributed by atoms with van der Waals surface area (Å²) in [5.41, 5.74) is -0.164. The van der Waals surface area contributed by atoms with Gasteiger partial charge in [-0.3, -0.25) is 4.90 Å². The fraction of sp³-hybridized carbons (Fsp3) is 0.618. The smallest absolute Gasteiger partial charge is 0.417 e. The summed E-state index contributed by atoms with van der Waals surface area (Å²) in [7, 11) is 1.24. The Bertz CT molecular complexity index is 1530. The Balaban J connectivity index is 0.000000498. The zero-order chi connectivity index (χ0) is 36.5. The number of nitrogen functional groups attached to an aromatic ring is 1. The van der Waals surface area contributed by atoms with Gasteiger partial charge in [0.05, 0.1) is 29.3 Å².